The van der Waals surface area contributed by atoms with Crippen LogP contribution in [-0.4, -0.2) is 32.5 Å². The number of hydrogen-bond acceptors (Lipinski definition) is 7. The van der Waals surface area contributed by atoms with E-state index in [0.717, 1.165) is 0 Å². The highest BCUT2D eigenvalue weighted by molar-refractivity contribution is 5.72. The number of ether oxygens (including phenoxy) is 2. The van der Waals surface area contributed by atoms with Gasteiger partial charge in [-0.3, -0.25) is 4.79 Å². The Morgan fingerprint density at radius 1 is 1.08 bits per heavy atom. The second kappa shape index (κ2) is 6.67. The number of phenolic OH excluding ortho intramolecular Hbond substituents is 4. The number of rotatable bonds is 3. The van der Waals surface area contributed by atoms with Gasteiger partial charge in [0.25, 0.3) is 0 Å². The molecule has 4 N–H and O–H groups in total. The van der Waals surface area contributed by atoms with E-state index in [9.17, 15) is 25.2 Å². The third-order valence-electron chi connectivity index (χ3n) is 4.23. The minimum atomic E-state index is -0.780. The lowest BCUT2D eigenvalue weighted by Gasteiger charge is -2.34. The molecule has 0 aliphatic carbocycles. The molecule has 0 radical (unpaired) electrons. The van der Waals surface area contributed by atoms with E-state index in [2.05, 4.69) is 0 Å². The first kappa shape index (κ1) is 17.7. The van der Waals surface area contributed by atoms with E-state index in [1.54, 1.807) is 19.9 Å². The normalized spacial score (nSPS) is 18.9. The van der Waals surface area contributed by atoms with E-state index in [0.29, 0.717) is 11.1 Å². The largest absolute Gasteiger partial charge is 0.508 e. The van der Waals surface area contributed by atoms with Crippen LogP contribution in [0.3, 0.4) is 0 Å². The zero-order valence-corrected chi connectivity index (χ0v) is 14.3. The van der Waals surface area contributed by atoms with Gasteiger partial charge in [0.15, 0.2) is 17.6 Å². The number of carbonyl (C=O) groups is 1. The Kier molecular flexibility index (Phi) is 4.54. The number of phenols is 4. The Balaban J connectivity index is 2.02. The molecule has 0 saturated heterocycles. The molecule has 1 aliphatic rings. The van der Waals surface area contributed by atoms with Crippen molar-refractivity contribution in [3.05, 3.63) is 41.5 Å². The van der Waals surface area contributed by atoms with E-state index >= 15 is 0 Å². The van der Waals surface area contributed by atoms with Crippen molar-refractivity contribution in [1.29, 1.82) is 0 Å². The van der Waals surface area contributed by atoms with Gasteiger partial charge in [0.1, 0.15) is 23.4 Å². The van der Waals surface area contributed by atoms with Crippen molar-refractivity contribution < 1.29 is 34.7 Å². The van der Waals surface area contributed by atoms with Gasteiger partial charge in [-0.1, -0.05) is 19.9 Å². The zero-order valence-electron chi connectivity index (χ0n) is 14.3. The highest BCUT2D eigenvalue weighted by Gasteiger charge is 2.36. The molecule has 0 aromatic heterocycles. The third kappa shape index (κ3) is 3.33. The van der Waals surface area contributed by atoms with Gasteiger partial charge in [-0.2, -0.15) is 0 Å². The number of aromatic hydroxyl groups is 4. The molecule has 1 heterocycles. The molecule has 7 nitrogen and oxygen atoms in total. The molecular weight excluding hydrogens is 340 g/mol. The van der Waals surface area contributed by atoms with Crippen molar-refractivity contribution in [2.75, 3.05) is 0 Å². The van der Waals surface area contributed by atoms with Crippen LogP contribution in [0.15, 0.2) is 30.3 Å². The first-order chi connectivity index (χ1) is 12.3. The summed E-state index contributed by atoms with van der Waals surface area (Å²) in [6.45, 7) is 3.41. The molecule has 2 atom stereocenters. The fraction of sp³-hybridized carbons (Fsp3) is 0.316. The van der Waals surface area contributed by atoms with Crippen LogP contribution in [0, 0.1) is 5.92 Å². The van der Waals surface area contributed by atoms with Crippen LogP contribution in [0.1, 0.15) is 31.1 Å². The number of hydrogen-bond donors (Lipinski definition) is 4. The molecule has 0 bridgehead atoms. The van der Waals surface area contributed by atoms with Gasteiger partial charge in [-0.25, -0.2) is 0 Å². The molecule has 0 unspecified atom stereocenters. The van der Waals surface area contributed by atoms with Crippen molar-refractivity contribution in [1.82, 2.24) is 0 Å². The lowest BCUT2D eigenvalue weighted by Crippen LogP contribution is -2.35. The summed E-state index contributed by atoms with van der Waals surface area (Å²) in [5, 5.41) is 39.1. The van der Waals surface area contributed by atoms with Gasteiger partial charge < -0.3 is 29.9 Å². The van der Waals surface area contributed by atoms with E-state index in [4.69, 9.17) is 9.47 Å². The molecule has 7 heteroatoms. The van der Waals surface area contributed by atoms with Crippen LogP contribution in [0.5, 0.6) is 28.7 Å². The molecule has 2 aromatic rings. The maximum Gasteiger partial charge on any atom is 0.308 e. The molecule has 26 heavy (non-hydrogen) atoms. The van der Waals surface area contributed by atoms with E-state index < -0.39 is 18.2 Å². The Morgan fingerprint density at radius 3 is 2.46 bits per heavy atom. The molecule has 0 fully saturated rings. The Labute approximate surface area is 150 Å². The number of carbonyl (C=O) groups excluding carboxylic acids is 1. The van der Waals surface area contributed by atoms with Crippen LogP contribution in [-0.2, 0) is 16.0 Å². The highest BCUT2D eigenvalue weighted by atomic mass is 16.6. The molecule has 0 spiro atoms. The summed E-state index contributed by atoms with van der Waals surface area (Å²) in [6, 6.07) is 6.73. The lowest BCUT2D eigenvalue weighted by atomic mass is 9.93. The van der Waals surface area contributed by atoms with E-state index in [1.807, 2.05) is 0 Å². The van der Waals surface area contributed by atoms with Gasteiger partial charge in [-0.15, -0.1) is 0 Å². The Hall–Kier alpha value is -3.09. The number of fused-ring (bicyclic) bond motifs is 1. The first-order valence-corrected chi connectivity index (χ1v) is 8.20. The van der Waals surface area contributed by atoms with Gasteiger partial charge in [0.05, 0.1) is 5.92 Å². The third-order valence-corrected chi connectivity index (χ3v) is 4.23. The Bertz CT molecular complexity index is 844. The summed E-state index contributed by atoms with van der Waals surface area (Å²) in [7, 11) is 0. The fourth-order valence-corrected chi connectivity index (χ4v) is 2.84. The Morgan fingerprint density at radius 2 is 1.81 bits per heavy atom. The van der Waals surface area contributed by atoms with E-state index in [1.165, 1.54) is 24.3 Å². The smallest absolute Gasteiger partial charge is 0.308 e. The summed E-state index contributed by atoms with van der Waals surface area (Å²) in [5.41, 5.74) is 0.902. The van der Waals surface area contributed by atoms with Gasteiger partial charge in [0, 0.05) is 29.7 Å². The SMILES string of the molecule is CC(C)C(=O)O[C@@H]1Cc2c(O)cc(O)cc2O[C@@H]1c1ccc(O)c(O)c1. The second-order valence-corrected chi connectivity index (χ2v) is 6.56. The van der Waals surface area contributed by atoms with Crippen LogP contribution >= 0.6 is 0 Å². The molecule has 1 aliphatic heterocycles. The van der Waals surface area contributed by atoms with Crippen LogP contribution in [0.2, 0.25) is 0 Å². The molecule has 0 saturated carbocycles. The monoisotopic (exact) mass is 360 g/mol. The maximum absolute atomic E-state index is 12.1. The van der Waals surface area contributed by atoms with Crippen molar-refractivity contribution in [3.63, 3.8) is 0 Å². The number of esters is 1. The summed E-state index contributed by atoms with van der Waals surface area (Å²) in [5.74, 6) is -1.44. The minimum Gasteiger partial charge on any atom is -0.508 e. The molecule has 2 aromatic carbocycles. The van der Waals surface area contributed by atoms with Gasteiger partial charge >= 0.3 is 5.97 Å². The van der Waals surface area contributed by atoms with E-state index in [-0.39, 0.29) is 41.1 Å². The summed E-state index contributed by atoms with van der Waals surface area (Å²) < 4.78 is 11.4. The predicted molar refractivity (Wildman–Crippen MR) is 91.3 cm³/mol. The second-order valence-electron chi connectivity index (χ2n) is 6.56. The molecule has 138 valence electrons. The summed E-state index contributed by atoms with van der Waals surface area (Å²) in [6.07, 6.45) is -1.36. The van der Waals surface area contributed by atoms with Crippen molar-refractivity contribution in [3.8, 4) is 28.7 Å². The lowest BCUT2D eigenvalue weighted by molar-refractivity contribution is -0.159. The average Bonchev–Trinajstić information content (AvgIpc) is 2.57. The molecule has 0 amide bonds. The quantitative estimate of drug-likeness (QED) is 0.491. The topological polar surface area (TPSA) is 116 Å². The van der Waals surface area contributed by atoms with Crippen molar-refractivity contribution >= 4 is 5.97 Å². The molecule has 3 rings (SSSR count). The predicted octanol–water partition coefficient (Wildman–Crippen LogP) is 2.75. The fourth-order valence-electron chi connectivity index (χ4n) is 2.84. The zero-order chi connectivity index (χ0) is 19.0. The summed E-state index contributed by atoms with van der Waals surface area (Å²) in [4.78, 5) is 12.1. The van der Waals surface area contributed by atoms with Crippen molar-refractivity contribution in [2.45, 2.75) is 32.5 Å². The number of benzene rings is 2. The maximum atomic E-state index is 12.1. The first-order valence-electron chi connectivity index (χ1n) is 8.20. The highest BCUT2D eigenvalue weighted by Crippen LogP contribution is 2.43. The standard InChI is InChI=1S/C19H20O7/c1-9(2)19(24)26-17-8-12-14(22)6-11(20)7-16(12)25-18(17)10-3-4-13(21)15(23)5-10/h3-7,9,17-18,20-23H,8H2,1-2H3/t17-,18-/m1/s1. The average molecular weight is 360 g/mol. The van der Waals surface area contributed by atoms with Crippen LogP contribution < -0.4 is 4.74 Å². The van der Waals surface area contributed by atoms with Gasteiger partial charge in [-0.05, 0) is 12.1 Å². The van der Waals surface area contributed by atoms with Crippen LogP contribution in [0.25, 0.3) is 0 Å². The van der Waals surface area contributed by atoms with Crippen molar-refractivity contribution in [2.24, 2.45) is 5.92 Å². The molecular formula is C19H20O7. The summed E-state index contributed by atoms with van der Waals surface area (Å²) >= 11 is 0. The van der Waals surface area contributed by atoms with Crippen LogP contribution in [0.4, 0.5) is 0 Å². The minimum absolute atomic E-state index is 0.155. The van der Waals surface area contributed by atoms with Gasteiger partial charge in [0.2, 0.25) is 0 Å².